The maximum absolute atomic E-state index is 13.3. The average molecular weight is 532 g/mol. The molecule has 1 fully saturated rings. The maximum atomic E-state index is 13.3. The highest BCUT2D eigenvalue weighted by Crippen LogP contribution is 2.43. The zero-order chi connectivity index (χ0) is 26.5. The van der Waals surface area contributed by atoms with Crippen LogP contribution in [0.5, 0.6) is 0 Å². The minimum atomic E-state index is -1.47. The summed E-state index contributed by atoms with van der Waals surface area (Å²) in [6.07, 6.45) is 6.00. The average Bonchev–Trinajstić information content (AvgIpc) is 3.31. The van der Waals surface area contributed by atoms with Crippen molar-refractivity contribution >= 4 is 53.5 Å². The topological polar surface area (TPSA) is 218 Å². The van der Waals surface area contributed by atoms with Gasteiger partial charge in [0.25, 0.3) is 5.91 Å². The number of aliphatic carboxylic acids is 1. The number of nitrogens with one attached hydrogen (secondary N) is 1. The van der Waals surface area contributed by atoms with Crippen molar-refractivity contribution in [1.29, 1.82) is 0 Å². The van der Waals surface area contributed by atoms with Gasteiger partial charge in [0.2, 0.25) is 30.3 Å². The molecule has 0 radical (unpaired) electrons. The van der Waals surface area contributed by atoms with Gasteiger partial charge in [-0.05, 0) is 18.0 Å². The first-order chi connectivity index (χ1) is 17.8. The summed E-state index contributed by atoms with van der Waals surface area (Å²) in [6.45, 7) is 1.34. The monoisotopic (exact) mass is 532 g/mol. The number of ether oxygens (including phenoxy) is 1. The summed E-state index contributed by atoms with van der Waals surface area (Å²) in [5.41, 5.74) is 4.75. The molecule has 2 unspecified atom stereocenters. The van der Waals surface area contributed by atoms with Crippen LogP contribution >= 0.6 is 11.8 Å². The number of thioether (sulfide) groups is 1. The van der Waals surface area contributed by atoms with Crippen LogP contribution in [-0.2, 0) is 28.8 Å². The number of carbonyl (C=O) groups is 4. The summed E-state index contributed by atoms with van der Waals surface area (Å²) in [6, 6.07) is -0.354. The van der Waals surface area contributed by atoms with Crippen LogP contribution in [0.4, 0.5) is 6.01 Å². The standard InChI is InChI=1S/C20H20N8O8S/c1-2-34-11(29)9-35-25-13(14-23-20(21)36-26-14)16(30)24-15(27-6-4-22-5-7-27)12-17(31)28-10(19(32)33)3-8-37-18(12)28/h3-4,7,12,15,18H,2,6,8-9H2,1H3,(H3-,21,23,24,26,30,32,33)/t12?,15?,18-/m0/s1. The van der Waals surface area contributed by atoms with E-state index >= 15 is 0 Å². The summed E-state index contributed by atoms with van der Waals surface area (Å²) in [5.74, 6) is -4.50. The number of oxime groups is 1. The van der Waals surface area contributed by atoms with Crippen LogP contribution in [0, 0.1) is 12.1 Å². The van der Waals surface area contributed by atoms with Gasteiger partial charge in [0, 0.05) is 5.75 Å². The molecule has 0 spiro atoms. The number of amides is 2. The summed E-state index contributed by atoms with van der Waals surface area (Å²) < 4.78 is 9.47. The number of carbonyl (C=O) groups excluding carboxylic acids is 4. The highest BCUT2D eigenvalue weighted by atomic mass is 32.2. The largest absolute Gasteiger partial charge is 0.543 e. The van der Waals surface area contributed by atoms with Crippen LogP contribution in [0.1, 0.15) is 12.7 Å². The molecular weight excluding hydrogens is 512 g/mol. The van der Waals surface area contributed by atoms with E-state index in [2.05, 4.69) is 31.8 Å². The Balaban J connectivity index is 1.59. The number of anilines is 1. The lowest BCUT2D eigenvalue weighted by atomic mass is 9.92. The molecule has 4 heterocycles. The van der Waals surface area contributed by atoms with Crippen LogP contribution in [0.3, 0.4) is 0 Å². The molecule has 0 bridgehead atoms. The third-order valence-electron chi connectivity index (χ3n) is 5.27. The number of hydrogen-bond acceptors (Lipinski definition) is 15. The Hall–Kier alpha value is -4.50. The van der Waals surface area contributed by atoms with Crippen molar-refractivity contribution in [2.24, 2.45) is 16.1 Å². The fourth-order valence-electron chi connectivity index (χ4n) is 3.71. The van der Waals surface area contributed by atoms with E-state index in [9.17, 15) is 24.3 Å². The fourth-order valence-corrected chi connectivity index (χ4v) is 5.00. The number of fused-ring (bicyclic) bond motifs is 1. The number of rotatable bonds is 10. The second kappa shape index (κ2) is 11.0. The van der Waals surface area contributed by atoms with Crippen molar-refractivity contribution < 1.29 is 38.4 Å². The Labute approximate surface area is 213 Å². The van der Waals surface area contributed by atoms with E-state index in [1.165, 1.54) is 30.3 Å². The summed E-state index contributed by atoms with van der Waals surface area (Å²) in [7, 11) is 0. The van der Waals surface area contributed by atoms with Crippen LogP contribution in [0.25, 0.3) is 0 Å². The lowest BCUT2D eigenvalue weighted by molar-refractivity contribution is -0.301. The Morgan fingerprint density at radius 2 is 2.27 bits per heavy atom. The first-order valence-electron chi connectivity index (χ1n) is 10.8. The second-order valence-corrected chi connectivity index (χ2v) is 8.64. The SMILES string of the molecule is CCOC(=O)CON=C(C(=O)NC(C1C(=O)N2C(C(=O)[O-])=CCS[C@@H]12)N1C=[C+]N=CC1)c1noc(N)n1. The zero-order valence-electron chi connectivity index (χ0n) is 19.2. The van der Waals surface area contributed by atoms with Gasteiger partial charge >= 0.3 is 12.0 Å². The number of aliphatic imine (C=N–C) groups is 1. The van der Waals surface area contributed by atoms with Crippen LogP contribution in [-0.4, -0.2) is 92.7 Å². The third-order valence-corrected chi connectivity index (χ3v) is 6.47. The molecule has 16 nitrogen and oxygen atoms in total. The highest BCUT2D eigenvalue weighted by Gasteiger charge is 2.56. The number of aromatic nitrogens is 2. The predicted octanol–water partition coefficient (Wildman–Crippen LogP) is -2.80. The van der Waals surface area contributed by atoms with Gasteiger partial charge in [-0.15, -0.1) is 11.8 Å². The smallest absolute Gasteiger partial charge is 0.347 e. The number of nitrogens with two attached hydrogens (primary N) is 1. The quantitative estimate of drug-likeness (QED) is 0.102. The van der Waals surface area contributed by atoms with Gasteiger partial charge in [0.1, 0.15) is 18.6 Å². The number of carboxylic acids is 1. The molecule has 3 aliphatic heterocycles. The zero-order valence-corrected chi connectivity index (χ0v) is 20.0. The maximum Gasteiger partial charge on any atom is 0.347 e. The number of esters is 1. The molecule has 1 saturated heterocycles. The van der Waals surface area contributed by atoms with Gasteiger partial charge in [0.15, 0.2) is 12.4 Å². The van der Waals surface area contributed by atoms with Crippen molar-refractivity contribution in [3.05, 3.63) is 30.0 Å². The molecule has 3 N–H and O–H groups in total. The van der Waals surface area contributed by atoms with Crippen molar-refractivity contribution in [2.75, 3.05) is 31.2 Å². The molecule has 0 aliphatic carbocycles. The Morgan fingerprint density at radius 1 is 1.46 bits per heavy atom. The molecule has 1 aromatic heterocycles. The van der Waals surface area contributed by atoms with Crippen molar-refractivity contribution in [3.8, 4) is 0 Å². The molecular formula is C20H20N8O8S. The van der Waals surface area contributed by atoms with E-state index in [1.54, 1.807) is 11.8 Å². The third kappa shape index (κ3) is 5.36. The van der Waals surface area contributed by atoms with Crippen LogP contribution in [0.15, 0.2) is 32.6 Å². The molecule has 3 aliphatic rings. The number of nitrogens with zero attached hydrogens (tertiary/aromatic N) is 6. The Morgan fingerprint density at radius 3 is 2.92 bits per heavy atom. The number of hydrogen-bond donors (Lipinski definition) is 2. The molecule has 1 aromatic rings. The molecule has 3 atom stereocenters. The molecule has 194 valence electrons. The molecule has 37 heavy (non-hydrogen) atoms. The fraction of sp³-hybridized carbons (Fsp3) is 0.400. The van der Waals surface area contributed by atoms with Crippen molar-refractivity contribution in [1.82, 2.24) is 25.3 Å². The molecule has 4 rings (SSSR count). The molecule has 17 heteroatoms. The van der Waals surface area contributed by atoms with Gasteiger partial charge in [-0.25, -0.2) is 4.79 Å². The van der Waals surface area contributed by atoms with E-state index in [-0.39, 0.29) is 30.7 Å². The van der Waals surface area contributed by atoms with E-state index in [1.807, 2.05) is 0 Å². The van der Waals surface area contributed by atoms with E-state index in [0.717, 1.165) is 4.90 Å². The lowest BCUT2D eigenvalue weighted by Crippen LogP contribution is -2.70. The Kier molecular flexibility index (Phi) is 7.64. The van der Waals surface area contributed by atoms with Gasteiger partial charge in [-0.3, -0.25) is 14.5 Å². The predicted molar refractivity (Wildman–Crippen MR) is 122 cm³/mol. The molecule has 2 amide bonds. The summed E-state index contributed by atoms with van der Waals surface area (Å²) in [5, 5.41) is 20.8. The van der Waals surface area contributed by atoms with E-state index in [0.29, 0.717) is 5.75 Å². The van der Waals surface area contributed by atoms with Crippen molar-refractivity contribution in [2.45, 2.75) is 18.5 Å². The number of nitrogen functional groups attached to an aromatic ring is 1. The van der Waals surface area contributed by atoms with Gasteiger partial charge in [-0.1, -0.05) is 10.3 Å². The summed E-state index contributed by atoms with van der Waals surface area (Å²) in [4.78, 5) is 64.8. The number of carboxylic acid groups (broad SMARTS) is 1. The highest BCUT2D eigenvalue weighted by molar-refractivity contribution is 8.00. The van der Waals surface area contributed by atoms with Gasteiger partial charge < -0.3 is 39.9 Å². The molecule has 0 aromatic carbocycles. The van der Waals surface area contributed by atoms with E-state index < -0.39 is 53.5 Å². The number of β-lactam (4-membered cyclic amide) rings is 1. The van der Waals surface area contributed by atoms with Gasteiger partial charge in [0.05, 0.1) is 23.6 Å². The van der Waals surface area contributed by atoms with Gasteiger partial charge in [-0.2, -0.15) is 4.98 Å². The van der Waals surface area contributed by atoms with Crippen LogP contribution < -0.4 is 16.2 Å². The summed E-state index contributed by atoms with van der Waals surface area (Å²) >= 11 is 1.32. The van der Waals surface area contributed by atoms with Crippen molar-refractivity contribution in [3.63, 3.8) is 0 Å². The second-order valence-electron chi connectivity index (χ2n) is 7.49. The molecule has 0 saturated carbocycles. The lowest BCUT2D eigenvalue weighted by Gasteiger charge is -2.53. The first-order valence-corrected chi connectivity index (χ1v) is 11.8. The minimum Gasteiger partial charge on any atom is -0.543 e. The first kappa shape index (κ1) is 25.6. The van der Waals surface area contributed by atoms with E-state index in [4.69, 9.17) is 19.8 Å². The Bertz CT molecular complexity index is 1210. The normalized spacial score (nSPS) is 21.3. The minimum absolute atomic E-state index is 0.117. The van der Waals surface area contributed by atoms with Crippen LogP contribution in [0.2, 0.25) is 0 Å².